The molecule has 0 aliphatic carbocycles. The fourth-order valence-electron chi connectivity index (χ4n) is 0.398. The molecule has 60 valence electrons. The summed E-state index contributed by atoms with van der Waals surface area (Å²) in [5, 5.41) is 0. The molecule has 0 N–H and O–H groups in total. The molecule has 0 aliphatic rings. The monoisotopic (exact) mass is 164 g/mol. The Morgan fingerprint density at radius 2 is 2.00 bits per heavy atom. The van der Waals surface area contributed by atoms with Crippen molar-refractivity contribution >= 4 is 10.1 Å². The van der Waals surface area contributed by atoms with Crippen molar-refractivity contribution in [2.24, 2.45) is 0 Å². The molecule has 10 heavy (non-hydrogen) atoms. The summed E-state index contributed by atoms with van der Waals surface area (Å²) < 4.78 is 25.1. The average molecular weight is 164 g/mol. The van der Waals surface area contributed by atoms with E-state index in [0.717, 1.165) is 12.7 Å². The highest BCUT2D eigenvalue weighted by Crippen LogP contribution is 1.87. The van der Waals surface area contributed by atoms with E-state index in [0.29, 0.717) is 0 Å². The van der Waals surface area contributed by atoms with Crippen LogP contribution in [0, 0.1) is 0 Å². The summed E-state index contributed by atoms with van der Waals surface area (Å²) in [4.78, 5) is 0. The van der Waals surface area contributed by atoms with Crippen molar-refractivity contribution in [1.29, 1.82) is 0 Å². The van der Waals surface area contributed by atoms with E-state index in [1.807, 2.05) is 13.0 Å². The van der Waals surface area contributed by atoms with Gasteiger partial charge in [-0.2, -0.15) is 8.42 Å². The zero-order valence-electron chi connectivity index (χ0n) is 6.20. The van der Waals surface area contributed by atoms with Gasteiger partial charge in [0, 0.05) is 0 Å². The molecule has 0 atom stereocenters. The first kappa shape index (κ1) is 9.65. The van der Waals surface area contributed by atoms with Crippen LogP contribution >= 0.6 is 0 Å². The lowest BCUT2D eigenvalue weighted by Crippen LogP contribution is -2.01. The predicted octanol–water partition coefficient (Wildman–Crippen LogP) is 0.929. The van der Waals surface area contributed by atoms with Gasteiger partial charge in [-0.1, -0.05) is 19.1 Å². The summed E-state index contributed by atoms with van der Waals surface area (Å²) in [6.45, 7) is 2.11. The molecule has 0 aromatic heterocycles. The number of hydrogen-bond donors (Lipinski definition) is 0. The van der Waals surface area contributed by atoms with Gasteiger partial charge in [0.05, 0.1) is 12.9 Å². The van der Waals surface area contributed by atoms with Gasteiger partial charge in [-0.15, -0.1) is 0 Å². The third-order valence-corrected chi connectivity index (χ3v) is 1.34. The quantitative estimate of drug-likeness (QED) is 0.458. The Kier molecular flexibility index (Phi) is 4.31. The van der Waals surface area contributed by atoms with Crippen molar-refractivity contribution in [1.82, 2.24) is 0 Å². The van der Waals surface area contributed by atoms with Gasteiger partial charge in [-0.3, -0.25) is 4.18 Å². The molecule has 0 bridgehead atoms. The fourth-order valence-corrected chi connectivity index (χ4v) is 0.723. The van der Waals surface area contributed by atoms with Gasteiger partial charge < -0.3 is 0 Å². The van der Waals surface area contributed by atoms with Gasteiger partial charge >= 0.3 is 0 Å². The van der Waals surface area contributed by atoms with Crippen LogP contribution in [0.5, 0.6) is 0 Å². The lowest BCUT2D eigenvalue weighted by molar-refractivity contribution is 0.361. The lowest BCUT2D eigenvalue weighted by Gasteiger charge is -1.93. The van der Waals surface area contributed by atoms with Gasteiger partial charge in [-0.25, -0.2) is 0 Å². The second-order valence-electron chi connectivity index (χ2n) is 1.87. The third kappa shape index (κ3) is 7.65. The van der Waals surface area contributed by atoms with Crippen molar-refractivity contribution < 1.29 is 12.6 Å². The maximum atomic E-state index is 10.3. The van der Waals surface area contributed by atoms with Crippen LogP contribution in [0.4, 0.5) is 0 Å². The van der Waals surface area contributed by atoms with Crippen LogP contribution in [0.15, 0.2) is 12.2 Å². The van der Waals surface area contributed by atoms with Crippen LogP contribution in [0.25, 0.3) is 0 Å². The van der Waals surface area contributed by atoms with E-state index in [4.69, 9.17) is 0 Å². The minimum Gasteiger partial charge on any atom is -0.266 e. The Balaban J connectivity index is 3.48. The smallest absolute Gasteiger partial charge is 0.264 e. The molecular weight excluding hydrogens is 152 g/mol. The Morgan fingerprint density at radius 1 is 1.40 bits per heavy atom. The van der Waals surface area contributed by atoms with Crippen molar-refractivity contribution in [2.75, 3.05) is 12.9 Å². The molecule has 0 radical (unpaired) electrons. The first-order valence-electron chi connectivity index (χ1n) is 3.05. The van der Waals surface area contributed by atoms with Crippen molar-refractivity contribution in [3.63, 3.8) is 0 Å². The molecule has 0 spiro atoms. The fraction of sp³-hybridized carbons (Fsp3) is 0.667. The summed E-state index contributed by atoms with van der Waals surface area (Å²) in [6, 6.07) is 0. The second kappa shape index (κ2) is 4.46. The van der Waals surface area contributed by atoms with E-state index in [9.17, 15) is 8.42 Å². The summed E-state index contributed by atoms with van der Waals surface area (Å²) in [6.07, 6.45) is 5.46. The Bertz CT molecular complexity index is 191. The molecule has 4 heteroatoms. The van der Waals surface area contributed by atoms with Crippen LogP contribution in [0.3, 0.4) is 0 Å². The van der Waals surface area contributed by atoms with Crippen LogP contribution in [-0.4, -0.2) is 21.3 Å². The number of rotatable bonds is 4. The minimum atomic E-state index is -3.26. The summed E-state index contributed by atoms with van der Waals surface area (Å²) >= 11 is 0. The largest absolute Gasteiger partial charge is 0.266 e. The molecule has 0 saturated heterocycles. The number of allylic oxidation sites excluding steroid dienone is 1. The minimum absolute atomic E-state index is 0.146. The lowest BCUT2D eigenvalue weighted by atomic mass is 10.4. The summed E-state index contributed by atoms with van der Waals surface area (Å²) in [5.41, 5.74) is 0. The Hall–Kier alpha value is -0.350. The Labute approximate surface area is 61.8 Å². The maximum absolute atomic E-state index is 10.3. The standard InChI is InChI=1S/C6H12O3S/c1-3-4-5-6-9-10(2,7)8/h4-5H,3,6H2,1-2H3/b5-4+. The van der Waals surface area contributed by atoms with E-state index in [1.165, 1.54) is 0 Å². The average Bonchev–Trinajstić information content (AvgIpc) is 1.78. The molecule has 0 fully saturated rings. The van der Waals surface area contributed by atoms with Gasteiger partial charge in [0.25, 0.3) is 10.1 Å². The highest BCUT2D eigenvalue weighted by molar-refractivity contribution is 7.85. The van der Waals surface area contributed by atoms with Gasteiger partial charge in [0.1, 0.15) is 0 Å². The molecule has 0 aliphatic heterocycles. The van der Waals surface area contributed by atoms with Gasteiger partial charge in [0.2, 0.25) is 0 Å². The first-order valence-corrected chi connectivity index (χ1v) is 4.87. The highest BCUT2D eigenvalue weighted by Gasteiger charge is 1.96. The van der Waals surface area contributed by atoms with Crippen molar-refractivity contribution in [3.05, 3.63) is 12.2 Å². The zero-order valence-corrected chi connectivity index (χ0v) is 7.02. The first-order chi connectivity index (χ1) is 4.56. The van der Waals surface area contributed by atoms with Crippen LogP contribution in [0.2, 0.25) is 0 Å². The van der Waals surface area contributed by atoms with Crippen LogP contribution in [-0.2, 0) is 14.3 Å². The molecular formula is C6H12O3S. The third-order valence-electron chi connectivity index (χ3n) is 0.781. The second-order valence-corrected chi connectivity index (χ2v) is 3.51. The highest BCUT2D eigenvalue weighted by atomic mass is 32.2. The predicted molar refractivity (Wildman–Crippen MR) is 40.2 cm³/mol. The van der Waals surface area contributed by atoms with Crippen molar-refractivity contribution in [2.45, 2.75) is 13.3 Å². The molecule has 0 rings (SSSR count). The van der Waals surface area contributed by atoms with E-state index in [-0.39, 0.29) is 6.61 Å². The Morgan fingerprint density at radius 3 is 2.40 bits per heavy atom. The van der Waals surface area contributed by atoms with E-state index in [2.05, 4.69) is 4.18 Å². The molecule has 0 heterocycles. The van der Waals surface area contributed by atoms with Crippen molar-refractivity contribution in [3.8, 4) is 0 Å². The maximum Gasteiger partial charge on any atom is 0.264 e. The SMILES string of the molecule is CC/C=C/COS(C)(=O)=O. The normalized spacial score (nSPS) is 12.6. The van der Waals surface area contributed by atoms with Crippen LogP contribution in [0.1, 0.15) is 13.3 Å². The van der Waals surface area contributed by atoms with E-state index in [1.54, 1.807) is 6.08 Å². The summed E-state index contributed by atoms with van der Waals surface area (Å²) in [5.74, 6) is 0. The molecule has 0 unspecified atom stereocenters. The topological polar surface area (TPSA) is 43.4 Å². The van der Waals surface area contributed by atoms with Crippen LogP contribution < -0.4 is 0 Å². The zero-order chi connectivity index (χ0) is 8.04. The van der Waals surface area contributed by atoms with E-state index < -0.39 is 10.1 Å². The van der Waals surface area contributed by atoms with E-state index >= 15 is 0 Å². The van der Waals surface area contributed by atoms with Gasteiger partial charge in [-0.05, 0) is 6.42 Å². The van der Waals surface area contributed by atoms with Gasteiger partial charge in [0.15, 0.2) is 0 Å². The number of hydrogen-bond acceptors (Lipinski definition) is 3. The molecule has 0 amide bonds. The molecule has 0 aromatic rings. The molecule has 0 saturated carbocycles. The summed E-state index contributed by atoms with van der Waals surface area (Å²) in [7, 11) is -3.26. The molecule has 0 aromatic carbocycles. The molecule has 3 nitrogen and oxygen atoms in total.